The maximum absolute atomic E-state index is 15.6. The molecule has 1 saturated heterocycles. The van der Waals surface area contributed by atoms with Gasteiger partial charge in [-0.2, -0.15) is 10.4 Å². The van der Waals surface area contributed by atoms with Gasteiger partial charge in [-0.1, -0.05) is 36.9 Å². The van der Waals surface area contributed by atoms with E-state index in [4.69, 9.17) is 28.9 Å². The molecule has 2 aromatic carbocycles. The lowest BCUT2D eigenvalue weighted by atomic mass is 9.89. The molecule has 0 radical (unpaired) electrons. The summed E-state index contributed by atoms with van der Waals surface area (Å²) in [7, 11) is 0. The van der Waals surface area contributed by atoms with Gasteiger partial charge in [0.05, 0.1) is 56.1 Å². The zero-order valence-corrected chi connectivity index (χ0v) is 30.2. The summed E-state index contributed by atoms with van der Waals surface area (Å²) in [5.41, 5.74) is -1.30. The molecule has 12 nitrogen and oxygen atoms in total. The molecule has 2 heterocycles. The molecule has 0 unspecified atom stereocenters. The zero-order chi connectivity index (χ0) is 38.9. The van der Waals surface area contributed by atoms with Gasteiger partial charge in [0, 0.05) is 28.9 Å². The number of ether oxygens (including phenoxy) is 5. The molecular weight excluding hydrogens is 729 g/mol. The standard InChI is InChI=1S/C38H39F3N4O8S/c1-3-16-49-34(46)14-15-35(47)50-17-6-8-36(48)53-38(23-45-25-43-24-44-45,31-13-12-29(39)19-33(31)41)26(2)54-30-21-51-37(52-22-30)9-5-4-7-28-11-10-27(20-42)18-32(28)40/h3-5,7,9-13,18-19,24-26,30,37H,1,6,8,14-17,21-23H2,2H3/t26-,30-,37-,38-/m1/s1. The SMILES string of the molecule is C=CCOC(=O)CCC(=O)OCCCC(=O)O[C@@](Cn1cncn1)(c1ccc(F)cc1F)[C@@H](C)S[C@H]1CO[C@H](C=CC=Cc2ccc(C#N)cc2F)OC1. The Morgan fingerprint density at radius 3 is 2.48 bits per heavy atom. The first-order valence-corrected chi connectivity index (χ1v) is 17.8. The van der Waals surface area contributed by atoms with Crippen LogP contribution in [0.15, 0.2) is 79.9 Å². The van der Waals surface area contributed by atoms with Gasteiger partial charge in [-0.15, -0.1) is 11.8 Å². The minimum atomic E-state index is -1.74. The summed E-state index contributed by atoms with van der Waals surface area (Å²) >= 11 is 1.31. The molecule has 0 aliphatic carbocycles. The number of carbonyl (C=O) groups excluding carboxylic acids is 3. The fourth-order valence-corrected chi connectivity index (χ4v) is 6.64. The Bertz CT molecular complexity index is 1840. The first-order chi connectivity index (χ1) is 26.0. The number of aromatic nitrogens is 3. The highest BCUT2D eigenvalue weighted by molar-refractivity contribution is 8.00. The molecule has 0 bridgehead atoms. The first kappa shape index (κ1) is 41.5. The van der Waals surface area contributed by atoms with E-state index in [1.165, 1.54) is 53.4 Å². The van der Waals surface area contributed by atoms with Gasteiger partial charge in [0.1, 0.15) is 36.7 Å². The molecule has 286 valence electrons. The summed E-state index contributed by atoms with van der Waals surface area (Å²) in [6.45, 7) is 5.29. The number of thioether (sulfide) groups is 1. The number of allylic oxidation sites excluding steroid dienone is 2. The predicted molar refractivity (Wildman–Crippen MR) is 191 cm³/mol. The van der Waals surface area contributed by atoms with E-state index in [-0.39, 0.29) is 75.0 Å². The lowest BCUT2D eigenvalue weighted by molar-refractivity contribution is -0.164. The molecule has 1 aliphatic rings. The number of esters is 3. The van der Waals surface area contributed by atoms with Crippen molar-refractivity contribution in [1.29, 1.82) is 5.26 Å². The van der Waals surface area contributed by atoms with Crippen molar-refractivity contribution in [3.63, 3.8) is 0 Å². The topological polar surface area (TPSA) is 152 Å². The molecular formula is C38H39F3N4O8S. The maximum Gasteiger partial charge on any atom is 0.306 e. The van der Waals surface area contributed by atoms with E-state index in [1.54, 1.807) is 31.2 Å². The molecule has 4 rings (SSSR count). The zero-order valence-electron chi connectivity index (χ0n) is 29.4. The number of hydrogen-bond acceptors (Lipinski definition) is 12. The second-order valence-corrected chi connectivity index (χ2v) is 13.5. The highest BCUT2D eigenvalue weighted by Gasteiger charge is 2.46. The van der Waals surface area contributed by atoms with Gasteiger partial charge in [-0.05, 0) is 43.7 Å². The van der Waals surface area contributed by atoms with Gasteiger partial charge in [0.15, 0.2) is 11.9 Å². The highest BCUT2D eigenvalue weighted by atomic mass is 32.2. The molecule has 54 heavy (non-hydrogen) atoms. The van der Waals surface area contributed by atoms with Gasteiger partial charge in [0.25, 0.3) is 0 Å². The van der Waals surface area contributed by atoms with Crippen LogP contribution in [0.3, 0.4) is 0 Å². The van der Waals surface area contributed by atoms with Gasteiger partial charge in [0.2, 0.25) is 0 Å². The Labute approximate surface area is 314 Å². The van der Waals surface area contributed by atoms with E-state index in [1.807, 2.05) is 6.07 Å². The van der Waals surface area contributed by atoms with E-state index in [0.29, 0.717) is 11.6 Å². The van der Waals surface area contributed by atoms with Crippen LogP contribution in [0.5, 0.6) is 0 Å². The molecule has 0 N–H and O–H groups in total. The fourth-order valence-electron chi connectivity index (χ4n) is 5.28. The van der Waals surface area contributed by atoms with Crippen molar-refractivity contribution >= 4 is 35.7 Å². The molecule has 1 aliphatic heterocycles. The molecule has 0 saturated carbocycles. The van der Waals surface area contributed by atoms with Crippen LogP contribution in [0.25, 0.3) is 6.08 Å². The molecule has 1 aromatic heterocycles. The summed E-state index contributed by atoms with van der Waals surface area (Å²) < 4.78 is 73.1. The van der Waals surface area contributed by atoms with Crippen molar-refractivity contribution in [1.82, 2.24) is 14.8 Å². The Morgan fingerprint density at radius 1 is 1.06 bits per heavy atom. The van der Waals surface area contributed by atoms with E-state index in [2.05, 4.69) is 16.7 Å². The third-order valence-electron chi connectivity index (χ3n) is 7.96. The number of nitriles is 1. The van der Waals surface area contributed by atoms with Crippen molar-refractivity contribution in [2.75, 3.05) is 26.4 Å². The van der Waals surface area contributed by atoms with Gasteiger partial charge < -0.3 is 23.7 Å². The highest BCUT2D eigenvalue weighted by Crippen LogP contribution is 2.42. The Kier molecular flexibility index (Phi) is 16.0. The molecule has 1 fully saturated rings. The third kappa shape index (κ3) is 12.4. The van der Waals surface area contributed by atoms with Crippen LogP contribution in [0.4, 0.5) is 13.2 Å². The van der Waals surface area contributed by atoms with Crippen LogP contribution in [0, 0.1) is 28.8 Å². The van der Waals surface area contributed by atoms with Crippen molar-refractivity contribution in [3.05, 3.63) is 114 Å². The van der Waals surface area contributed by atoms with Gasteiger partial charge in [-0.25, -0.2) is 22.8 Å². The van der Waals surface area contributed by atoms with Crippen LogP contribution in [-0.2, 0) is 50.2 Å². The van der Waals surface area contributed by atoms with Crippen LogP contribution in [0.1, 0.15) is 49.3 Å². The summed E-state index contributed by atoms with van der Waals surface area (Å²) in [5, 5.41) is 12.1. The van der Waals surface area contributed by atoms with Crippen LogP contribution in [0.2, 0.25) is 0 Å². The van der Waals surface area contributed by atoms with Gasteiger partial charge in [-0.3, -0.25) is 14.4 Å². The number of benzene rings is 2. The molecule has 0 spiro atoms. The van der Waals surface area contributed by atoms with Crippen LogP contribution < -0.4 is 0 Å². The van der Waals surface area contributed by atoms with E-state index >= 15 is 4.39 Å². The summed E-state index contributed by atoms with van der Waals surface area (Å²) in [6.07, 6.45) is 9.24. The summed E-state index contributed by atoms with van der Waals surface area (Å²) in [5.74, 6) is -4.26. The van der Waals surface area contributed by atoms with E-state index in [0.717, 1.165) is 12.1 Å². The van der Waals surface area contributed by atoms with E-state index < -0.39 is 52.5 Å². The average molecular weight is 769 g/mol. The quantitative estimate of drug-likeness (QED) is 0.0465. The summed E-state index contributed by atoms with van der Waals surface area (Å²) in [4.78, 5) is 41.1. The lowest BCUT2D eigenvalue weighted by Crippen LogP contribution is -2.47. The first-order valence-electron chi connectivity index (χ1n) is 16.9. The van der Waals surface area contributed by atoms with Crippen molar-refractivity contribution in [2.45, 2.75) is 61.5 Å². The third-order valence-corrected chi connectivity index (χ3v) is 9.41. The lowest BCUT2D eigenvalue weighted by Gasteiger charge is -2.40. The largest absolute Gasteiger partial charge is 0.466 e. The fraction of sp³-hybridized carbons (Fsp3) is 0.368. The number of rotatable bonds is 19. The molecule has 0 amide bonds. The number of halogens is 3. The second kappa shape index (κ2) is 20.9. The Balaban J connectivity index is 1.41. The van der Waals surface area contributed by atoms with Crippen LogP contribution in [-0.4, -0.2) is 75.9 Å². The smallest absolute Gasteiger partial charge is 0.306 e. The minimum Gasteiger partial charge on any atom is -0.466 e. The number of carbonyl (C=O) groups is 3. The molecule has 16 heteroatoms. The van der Waals surface area contributed by atoms with Crippen LogP contribution >= 0.6 is 11.8 Å². The normalized spacial score (nSPS) is 17.4. The average Bonchev–Trinajstić information content (AvgIpc) is 3.67. The minimum absolute atomic E-state index is 0.0279. The van der Waals surface area contributed by atoms with Crippen molar-refractivity contribution in [3.8, 4) is 6.07 Å². The Morgan fingerprint density at radius 2 is 1.81 bits per heavy atom. The Hall–Kier alpha value is -5.24. The molecule has 2 atom stereocenters. The summed E-state index contributed by atoms with van der Waals surface area (Å²) in [6, 6.07) is 9.05. The second-order valence-electron chi connectivity index (χ2n) is 11.9. The van der Waals surface area contributed by atoms with Gasteiger partial charge >= 0.3 is 17.9 Å². The van der Waals surface area contributed by atoms with Crippen molar-refractivity contribution < 1.29 is 51.2 Å². The predicted octanol–water partition coefficient (Wildman–Crippen LogP) is 5.97. The maximum atomic E-state index is 15.6. The molecule has 3 aromatic rings. The van der Waals surface area contributed by atoms with E-state index in [9.17, 15) is 23.2 Å². The monoisotopic (exact) mass is 768 g/mol. The number of hydrogen-bond donors (Lipinski definition) is 0. The number of nitrogens with zero attached hydrogens (tertiary/aromatic N) is 4. The van der Waals surface area contributed by atoms with Crippen molar-refractivity contribution in [2.24, 2.45) is 0 Å².